The van der Waals surface area contributed by atoms with Gasteiger partial charge in [0.25, 0.3) is 0 Å². The van der Waals surface area contributed by atoms with Gasteiger partial charge < -0.3 is 29.7 Å². The summed E-state index contributed by atoms with van der Waals surface area (Å²) in [4.78, 5) is 24.8. The van der Waals surface area contributed by atoms with E-state index in [1.807, 2.05) is 0 Å². The Morgan fingerprint density at radius 2 is 0.700 bits per heavy atom. The summed E-state index contributed by atoms with van der Waals surface area (Å²) in [6.07, 6.45) is 0. The molecule has 0 N–H and O–H groups in total. The second kappa shape index (κ2) is 84.4. The van der Waals surface area contributed by atoms with Crippen molar-refractivity contribution in [3.63, 3.8) is 0 Å². The van der Waals surface area contributed by atoms with Gasteiger partial charge in [0.1, 0.15) is 0 Å². The van der Waals surface area contributed by atoms with Crippen LogP contribution < -0.4 is 15.3 Å². The zero-order valence-corrected chi connectivity index (χ0v) is 8.05. The van der Waals surface area contributed by atoms with Crippen molar-refractivity contribution in [3.8, 4) is 0 Å². The van der Waals surface area contributed by atoms with Crippen molar-refractivity contribution in [1.29, 1.82) is 0 Å². The minimum atomic E-state index is -0.500. The van der Waals surface area contributed by atoms with Crippen molar-refractivity contribution in [1.82, 2.24) is 0 Å². The maximum absolute atomic E-state index is 8.25. The number of carbonyl (C=O) groups is 3. The molecule has 0 aromatic rings. The van der Waals surface area contributed by atoms with Crippen LogP contribution in [0.25, 0.3) is 0 Å². The third kappa shape index (κ3) is 554. The van der Waals surface area contributed by atoms with Crippen molar-refractivity contribution < 1.29 is 29.7 Å². The van der Waals surface area contributed by atoms with Crippen molar-refractivity contribution in [3.05, 3.63) is 0 Å². The summed E-state index contributed by atoms with van der Waals surface area (Å²) in [6.45, 7) is -1.50. The Labute approximate surface area is 75.3 Å². The van der Waals surface area contributed by atoms with Crippen LogP contribution in [0.15, 0.2) is 0 Å². The van der Waals surface area contributed by atoms with Gasteiger partial charge in [-0.25, -0.2) is 0 Å². The summed E-state index contributed by atoms with van der Waals surface area (Å²) in [5, 5.41) is 24.8. The van der Waals surface area contributed by atoms with Crippen LogP contribution in [0.1, 0.15) is 0 Å². The summed E-state index contributed by atoms with van der Waals surface area (Å²) in [6, 6.07) is 0. The van der Waals surface area contributed by atoms with E-state index in [1.165, 1.54) is 0 Å². The SMILES string of the molecule is O=C[O-].O=C[O-].O=C[O-].[In+3]. The first-order valence-corrected chi connectivity index (χ1v) is 1.41. The number of carbonyl (C=O) groups excluding carboxylic acids is 3. The summed E-state index contributed by atoms with van der Waals surface area (Å²) >= 11 is 0. The fraction of sp³-hybridized carbons (Fsp3) is 0. The molecule has 0 atom stereocenters. The van der Waals surface area contributed by atoms with Gasteiger partial charge in [-0.1, -0.05) is 0 Å². The summed E-state index contributed by atoms with van der Waals surface area (Å²) in [7, 11) is 0. The molecule has 0 heterocycles. The molecule has 0 aliphatic carbocycles. The molecule has 0 rings (SSSR count). The molecule has 0 bridgehead atoms. The van der Waals surface area contributed by atoms with Crippen molar-refractivity contribution in [2.45, 2.75) is 0 Å². The van der Waals surface area contributed by atoms with Crippen molar-refractivity contribution in [2.24, 2.45) is 0 Å². The molecule has 7 heteroatoms. The molecule has 10 heavy (non-hydrogen) atoms. The normalized spacial score (nSPS) is 3.60. The molecule has 0 aromatic heterocycles. The molecule has 0 saturated heterocycles. The van der Waals surface area contributed by atoms with E-state index in [-0.39, 0.29) is 25.8 Å². The van der Waals surface area contributed by atoms with Crippen LogP contribution in [0.3, 0.4) is 0 Å². The molecular weight excluding hydrogens is 247 g/mol. The number of carboxylic acid groups (broad SMARTS) is 3. The molecule has 0 unspecified atom stereocenters. The van der Waals surface area contributed by atoms with E-state index in [4.69, 9.17) is 29.7 Å². The minimum Gasteiger partial charge on any atom is -0.554 e. The fourth-order valence-corrected chi connectivity index (χ4v) is 0. The first-order chi connectivity index (χ1) is 4.24. The largest absolute Gasteiger partial charge is 3.00 e. The van der Waals surface area contributed by atoms with Gasteiger partial charge in [-0.05, 0) is 0 Å². The van der Waals surface area contributed by atoms with Gasteiger partial charge in [-0.3, -0.25) is 0 Å². The molecule has 0 radical (unpaired) electrons. The van der Waals surface area contributed by atoms with Crippen LogP contribution in [0.5, 0.6) is 0 Å². The average Bonchev–Trinajstić information content (AvgIpc) is 1.70. The Balaban J connectivity index is -0.0000000257. The van der Waals surface area contributed by atoms with Crippen LogP contribution in [0.2, 0.25) is 0 Å². The standard InChI is InChI=1S/3CH2O2.In/c3*2-1-3;/h3*1H,(H,2,3);/q;;;+3/p-3. The van der Waals surface area contributed by atoms with Crippen LogP contribution >= 0.6 is 0 Å². The molecule has 0 saturated carbocycles. The van der Waals surface area contributed by atoms with E-state index in [0.717, 1.165) is 0 Å². The molecule has 0 aliphatic rings. The van der Waals surface area contributed by atoms with Crippen molar-refractivity contribution >= 4 is 45.3 Å². The smallest absolute Gasteiger partial charge is 0.554 e. The number of hydrogen-bond acceptors (Lipinski definition) is 6. The van der Waals surface area contributed by atoms with Crippen molar-refractivity contribution in [2.75, 3.05) is 0 Å². The van der Waals surface area contributed by atoms with E-state index in [9.17, 15) is 0 Å². The number of hydrogen-bond donors (Lipinski definition) is 0. The Bertz CT molecular complexity index is 49.7. The summed E-state index contributed by atoms with van der Waals surface area (Å²) in [5.41, 5.74) is 0. The monoisotopic (exact) mass is 250 g/mol. The fourth-order valence-electron chi connectivity index (χ4n) is 0. The van der Waals surface area contributed by atoms with Crippen LogP contribution in [0, 0.1) is 0 Å². The van der Waals surface area contributed by atoms with Crippen LogP contribution in [0.4, 0.5) is 0 Å². The summed E-state index contributed by atoms with van der Waals surface area (Å²) < 4.78 is 0. The van der Waals surface area contributed by atoms with Gasteiger partial charge in [0, 0.05) is 19.4 Å². The van der Waals surface area contributed by atoms with Gasteiger partial charge >= 0.3 is 25.8 Å². The number of rotatable bonds is 0. The average molecular weight is 250 g/mol. The zero-order valence-electron chi connectivity index (χ0n) is 4.76. The van der Waals surface area contributed by atoms with Gasteiger partial charge in [-0.2, -0.15) is 0 Å². The molecule has 0 amide bonds. The minimum absolute atomic E-state index is 0. The van der Waals surface area contributed by atoms with E-state index >= 15 is 0 Å². The summed E-state index contributed by atoms with van der Waals surface area (Å²) in [5.74, 6) is 0. The first kappa shape index (κ1) is 22.8. The van der Waals surface area contributed by atoms with E-state index in [0.29, 0.717) is 0 Å². The predicted molar refractivity (Wildman–Crippen MR) is 23.9 cm³/mol. The van der Waals surface area contributed by atoms with Crippen LogP contribution in [-0.2, 0) is 14.4 Å². The Hall–Kier alpha value is -0.720. The second-order valence-electron chi connectivity index (χ2n) is 0.289. The predicted octanol–water partition coefficient (Wildman–Crippen LogP) is -5.28. The quantitative estimate of drug-likeness (QED) is 0.396. The maximum Gasteiger partial charge on any atom is 3.00 e. The van der Waals surface area contributed by atoms with Gasteiger partial charge in [0.05, 0.1) is 0 Å². The molecule has 0 spiro atoms. The van der Waals surface area contributed by atoms with E-state index in [2.05, 4.69) is 0 Å². The molecule has 0 fully saturated rings. The molecule has 54 valence electrons. The topological polar surface area (TPSA) is 120 Å². The Kier molecular flexibility index (Phi) is 193. The van der Waals surface area contributed by atoms with Gasteiger partial charge in [0.15, 0.2) is 0 Å². The third-order valence-corrected chi connectivity index (χ3v) is 0. The molecule has 6 nitrogen and oxygen atoms in total. The maximum atomic E-state index is 8.25. The van der Waals surface area contributed by atoms with Gasteiger partial charge in [0.2, 0.25) is 0 Å². The Morgan fingerprint density at radius 3 is 0.700 bits per heavy atom. The van der Waals surface area contributed by atoms with E-state index in [1.54, 1.807) is 0 Å². The molecular formula is C3H3InO6. The Morgan fingerprint density at radius 1 is 0.700 bits per heavy atom. The molecule has 0 aliphatic heterocycles. The zero-order chi connectivity index (χ0) is 8.12. The molecule has 0 aromatic carbocycles. The van der Waals surface area contributed by atoms with Crippen LogP contribution in [-0.4, -0.2) is 45.3 Å². The second-order valence-corrected chi connectivity index (χ2v) is 0.289. The first-order valence-electron chi connectivity index (χ1n) is 1.41. The van der Waals surface area contributed by atoms with Gasteiger partial charge in [-0.15, -0.1) is 0 Å². The van der Waals surface area contributed by atoms with E-state index < -0.39 is 19.4 Å². The third-order valence-electron chi connectivity index (χ3n) is 0.